The van der Waals surface area contributed by atoms with Crippen molar-refractivity contribution in [2.45, 2.75) is 19.8 Å². The molecule has 106 valence electrons. The number of ether oxygens (including phenoxy) is 3. The largest absolute Gasteiger partial charge is 0.466 e. The molecule has 0 aromatic heterocycles. The Balaban J connectivity index is 2.69. The van der Waals surface area contributed by atoms with Gasteiger partial charge in [0.25, 0.3) is 0 Å². The number of aryl methyl sites for hydroxylation is 1. The third-order valence-corrected chi connectivity index (χ3v) is 2.30. The Morgan fingerprint density at radius 2 is 1.89 bits per heavy atom. The average molecular weight is 274 g/mol. The molecule has 0 amide bonds. The van der Waals surface area contributed by atoms with Gasteiger partial charge in [-0.2, -0.15) is 0 Å². The van der Waals surface area contributed by atoms with Gasteiger partial charge >= 0.3 is 5.97 Å². The van der Waals surface area contributed by atoms with Crippen LogP contribution in [0.1, 0.15) is 18.9 Å². The summed E-state index contributed by atoms with van der Waals surface area (Å²) >= 11 is 0. The van der Waals surface area contributed by atoms with Gasteiger partial charge in [-0.25, -0.2) is 8.78 Å². The van der Waals surface area contributed by atoms with E-state index >= 15 is 0 Å². The Labute approximate surface area is 110 Å². The van der Waals surface area contributed by atoms with E-state index in [0.29, 0.717) is 5.56 Å². The van der Waals surface area contributed by atoms with Crippen LogP contribution in [-0.2, 0) is 20.7 Å². The van der Waals surface area contributed by atoms with Crippen LogP contribution in [0.3, 0.4) is 0 Å². The monoisotopic (exact) mass is 274 g/mol. The topological polar surface area (TPSA) is 44.8 Å². The number of esters is 1. The zero-order valence-electron chi connectivity index (χ0n) is 10.9. The molecule has 0 spiro atoms. The fourth-order valence-electron chi connectivity index (χ4n) is 1.49. The van der Waals surface area contributed by atoms with E-state index in [1.54, 1.807) is 6.92 Å². The molecule has 0 bridgehead atoms. The van der Waals surface area contributed by atoms with E-state index in [1.165, 1.54) is 7.11 Å². The van der Waals surface area contributed by atoms with Crippen molar-refractivity contribution in [3.05, 3.63) is 29.3 Å². The number of methoxy groups -OCH3 is 1. The minimum absolute atomic E-state index is 0.0744. The third kappa shape index (κ3) is 4.82. The van der Waals surface area contributed by atoms with Crippen LogP contribution in [0.15, 0.2) is 12.1 Å². The van der Waals surface area contributed by atoms with Gasteiger partial charge in [-0.1, -0.05) is 0 Å². The molecule has 0 unspecified atom stereocenters. The number of hydrogen-bond acceptors (Lipinski definition) is 4. The fraction of sp³-hybridized carbons (Fsp3) is 0.462. The molecule has 0 heterocycles. The van der Waals surface area contributed by atoms with Gasteiger partial charge in [0.05, 0.1) is 6.61 Å². The van der Waals surface area contributed by atoms with E-state index in [2.05, 4.69) is 4.74 Å². The molecule has 0 fully saturated rings. The number of carbonyl (C=O) groups is 1. The Kier molecular flexibility index (Phi) is 6.21. The second-order valence-corrected chi connectivity index (χ2v) is 3.74. The van der Waals surface area contributed by atoms with E-state index in [9.17, 15) is 13.6 Å². The average Bonchev–Trinajstić information content (AvgIpc) is 2.36. The number of benzene rings is 1. The van der Waals surface area contributed by atoms with E-state index in [1.807, 2.05) is 0 Å². The molecule has 0 saturated carbocycles. The van der Waals surface area contributed by atoms with Crippen molar-refractivity contribution in [2.24, 2.45) is 0 Å². The molecule has 0 saturated heterocycles. The van der Waals surface area contributed by atoms with Crippen LogP contribution in [0.2, 0.25) is 0 Å². The lowest BCUT2D eigenvalue weighted by atomic mass is 10.1. The summed E-state index contributed by atoms with van der Waals surface area (Å²) in [6.45, 7) is 1.74. The van der Waals surface area contributed by atoms with Gasteiger partial charge in [0.2, 0.25) is 0 Å². The van der Waals surface area contributed by atoms with Crippen molar-refractivity contribution in [3.63, 3.8) is 0 Å². The Morgan fingerprint density at radius 1 is 1.26 bits per heavy atom. The molecule has 0 radical (unpaired) electrons. The van der Waals surface area contributed by atoms with Gasteiger partial charge in [0.1, 0.15) is 0 Å². The third-order valence-electron chi connectivity index (χ3n) is 2.30. The lowest BCUT2D eigenvalue weighted by Crippen LogP contribution is -2.07. The molecule has 0 aliphatic heterocycles. The summed E-state index contributed by atoms with van der Waals surface area (Å²) < 4.78 is 41.2. The first-order valence-electron chi connectivity index (χ1n) is 5.83. The molecule has 0 aliphatic carbocycles. The summed E-state index contributed by atoms with van der Waals surface area (Å²) in [6.07, 6.45) is 0.280. The van der Waals surface area contributed by atoms with Crippen LogP contribution in [0, 0.1) is 11.6 Å². The van der Waals surface area contributed by atoms with Crippen molar-refractivity contribution in [1.29, 1.82) is 0 Å². The molecular formula is C13H16F2O4. The zero-order chi connectivity index (χ0) is 14.3. The maximum atomic E-state index is 13.6. The Bertz CT molecular complexity index is 412. The molecule has 0 aliphatic rings. The quantitative estimate of drug-likeness (QED) is 0.566. The first-order chi connectivity index (χ1) is 9.08. The van der Waals surface area contributed by atoms with Crippen LogP contribution in [-0.4, -0.2) is 26.5 Å². The number of carbonyl (C=O) groups excluding carboxylic acids is 1. The SMILES string of the molecule is CCOC(=O)CCc1cc(F)c(OCOC)c(F)c1. The first-order valence-corrected chi connectivity index (χ1v) is 5.83. The summed E-state index contributed by atoms with van der Waals surface area (Å²) in [6, 6.07) is 2.26. The van der Waals surface area contributed by atoms with E-state index in [0.717, 1.165) is 12.1 Å². The van der Waals surface area contributed by atoms with E-state index < -0.39 is 23.4 Å². The highest BCUT2D eigenvalue weighted by molar-refractivity contribution is 5.69. The second-order valence-electron chi connectivity index (χ2n) is 3.74. The van der Waals surface area contributed by atoms with Gasteiger partial charge in [-0.15, -0.1) is 0 Å². The van der Waals surface area contributed by atoms with Crippen molar-refractivity contribution in [2.75, 3.05) is 20.5 Å². The van der Waals surface area contributed by atoms with Crippen molar-refractivity contribution in [3.8, 4) is 5.75 Å². The molecule has 0 atom stereocenters. The van der Waals surface area contributed by atoms with Crippen molar-refractivity contribution in [1.82, 2.24) is 0 Å². The molecule has 1 rings (SSSR count). The minimum Gasteiger partial charge on any atom is -0.466 e. The van der Waals surface area contributed by atoms with Crippen molar-refractivity contribution < 1.29 is 27.8 Å². The molecule has 19 heavy (non-hydrogen) atoms. The van der Waals surface area contributed by atoms with Gasteiger partial charge < -0.3 is 14.2 Å². The summed E-state index contributed by atoms with van der Waals surface area (Å²) in [5.41, 5.74) is 0.368. The van der Waals surface area contributed by atoms with Gasteiger partial charge in [0.15, 0.2) is 24.2 Å². The van der Waals surface area contributed by atoms with Gasteiger partial charge in [0, 0.05) is 13.5 Å². The summed E-state index contributed by atoms with van der Waals surface area (Å²) in [5, 5.41) is 0. The summed E-state index contributed by atoms with van der Waals surface area (Å²) in [4.78, 5) is 11.1. The molecule has 0 N–H and O–H groups in total. The highest BCUT2D eigenvalue weighted by Gasteiger charge is 2.13. The highest BCUT2D eigenvalue weighted by atomic mass is 19.1. The fourth-order valence-corrected chi connectivity index (χ4v) is 1.49. The standard InChI is InChI=1S/C13H16F2O4/c1-3-18-12(16)5-4-9-6-10(14)13(11(15)7-9)19-8-17-2/h6-7H,3-5,8H2,1-2H3. The smallest absolute Gasteiger partial charge is 0.306 e. The first kappa shape index (κ1) is 15.4. The van der Waals surface area contributed by atoms with Crippen LogP contribution < -0.4 is 4.74 Å². The second kappa shape index (κ2) is 7.68. The summed E-state index contributed by atoms with van der Waals surface area (Å²) in [5.74, 6) is -2.53. The number of rotatable bonds is 7. The number of hydrogen-bond donors (Lipinski definition) is 0. The van der Waals surface area contributed by atoms with Crippen LogP contribution in [0.25, 0.3) is 0 Å². The van der Waals surface area contributed by atoms with E-state index in [-0.39, 0.29) is 26.2 Å². The predicted octanol–water partition coefficient (Wildman–Crippen LogP) is 2.44. The predicted molar refractivity (Wildman–Crippen MR) is 63.8 cm³/mol. The van der Waals surface area contributed by atoms with Crippen LogP contribution in [0.4, 0.5) is 8.78 Å². The molecule has 4 nitrogen and oxygen atoms in total. The van der Waals surface area contributed by atoms with E-state index in [4.69, 9.17) is 9.47 Å². The Morgan fingerprint density at radius 3 is 2.42 bits per heavy atom. The maximum absolute atomic E-state index is 13.6. The molecule has 1 aromatic carbocycles. The van der Waals surface area contributed by atoms with Crippen LogP contribution in [0.5, 0.6) is 5.75 Å². The highest BCUT2D eigenvalue weighted by Crippen LogP contribution is 2.24. The normalized spacial score (nSPS) is 10.3. The van der Waals surface area contributed by atoms with Crippen LogP contribution >= 0.6 is 0 Å². The van der Waals surface area contributed by atoms with Gasteiger partial charge in [-0.3, -0.25) is 4.79 Å². The number of halogens is 2. The molecular weight excluding hydrogens is 258 g/mol. The summed E-state index contributed by atoms with van der Waals surface area (Å²) in [7, 11) is 1.35. The Hall–Kier alpha value is -1.69. The molecule has 1 aromatic rings. The van der Waals surface area contributed by atoms with Crippen molar-refractivity contribution >= 4 is 5.97 Å². The maximum Gasteiger partial charge on any atom is 0.306 e. The zero-order valence-corrected chi connectivity index (χ0v) is 10.9. The lowest BCUT2D eigenvalue weighted by Gasteiger charge is -2.09. The van der Waals surface area contributed by atoms with Gasteiger partial charge in [-0.05, 0) is 31.0 Å². The minimum atomic E-state index is -0.823. The molecule has 6 heteroatoms. The lowest BCUT2D eigenvalue weighted by molar-refractivity contribution is -0.143.